The summed E-state index contributed by atoms with van der Waals surface area (Å²) in [5.74, 6) is 1.46. The summed E-state index contributed by atoms with van der Waals surface area (Å²) in [6.07, 6.45) is 2.06. The summed E-state index contributed by atoms with van der Waals surface area (Å²) in [5, 5.41) is 0. The Kier molecular flexibility index (Phi) is 5.56. The van der Waals surface area contributed by atoms with Crippen LogP contribution < -0.4 is 4.90 Å². The van der Waals surface area contributed by atoms with Crippen LogP contribution in [0.4, 0.5) is 5.82 Å². The molecule has 0 aromatic carbocycles. The number of hydrogen-bond donors (Lipinski definition) is 0. The first-order valence-electron chi connectivity index (χ1n) is 5.47. The van der Waals surface area contributed by atoms with Crippen LogP contribution in [-0.4, -0.2) is 31.3 Å². The quantitative estimate of drug-likeness (QED) is 0.718. The molecule has 0 saturated carbocycles. The average Bonchev–Trinajstić information content (AvgIpc) is 2.28. The predicted octanol–water partition coefficient (Wildman–Crippen LogP) is 2.68. The molecule has 0 amide bonds. The zero-order chi connectivity index (χ0) is 12.0. The highest BCUT2D eigenvalue weighted by Gasteiger charge is 2.03. The molecule has 1 aromatic rings. The summed E-state index contributed by atoms with van der Waals surface area (Å²) < 4.78 is 5.50. The van der Waals surface area contributed by atoms with E-state index in [1.165, 1.54) is 0 Å². The van der Waals surface area contributed by atoms with Gasteiger partial charge in [-0.15, -0.1) is 11.6 Å². The standard InChI is InChI=1S/C12H19ClN2O/c1-10(2)16-7-6-15(3)12-8-11(9-13)4-5-14-12/h4-5,8,10H,6-7,9H2,1-3H3. The van der Waals surface area contributed by atoms with Crippen LogP contribution in [0.25, 0.3) is 0 Å². The lowest BCUT2D eigenvalue weighted by atomic mass is 10.3. The maximum absolute atomic E-state index is 5.78. The van der Waals surface area contributed by atoms with E-state index >= 15 is 0 Å². The van der Waals surface area contributed by atoms with Crippen molar-refractivity contribution in [1.29, 1.82) is 0 Å². The minimum Gasteiger partial charge on any atom is -0.377 e. The van der Waals surface area contributed by atoms with Gasteiger partial charge in [0.05, 0.1) is 12.7 Å². The Morgan fingerprint density at radius 3 is 2.88 bits per heavy atom. The van der Waals surface area contributed by atoms with Crippen LogP contribution in [0.1, 0.15) is 19.4 Å². The van der Waals surface area contributed by atoms with Gasteiger partial charge < -0.3 is 9.64 Å². The van der Waals surface area contributed by atoms with Gasteiger partial charge in [0.2, 0.25) is 0 Å². The Morgan fingerprint density at radius 1 is 1.50 bits per heavy atom. The zero-order valence-corrected chi connectivity index (χ0v) is 10.9. The molecule has 16 heavy (non-hydrogen) atoms. The third-order valence-electron chi connectivity index (χ3n) is 2.23. The van der Waals surface area contributed by atoms with Crippen molar-refractivity contribution in [3.05, 3.63) is 23.9 Å². The van der Waals surface area contributed by atoms with Gasteiger partial charge in [-0.3, -0.25) is 0 Å². The highest BCUT2D eigenvalue weighted by atomic mass is 35.5. The van der Waals surface area contributed by atoms with E-state index in [1.54, 1.807) is 6.20 Å². The van der Waals surface area contributed by atoms with Crippen molar-refractivity contribution in [1.82, 2.24) is 4.98 Å². The van der Waals surface area contributed by atoms with Gasteiger partial charge in [0.15, 0.2) is 0 Å². The number of halogens is 1. The minimum absolute atomic E-state index is 0.274. The van der Waals surface area contributed by atoms with E-state index < -0.39 is 0 Å². The van der Waals surface area contributed by atoms with Gasteiger partial charge in [-0.05, 0) is 31.5 Å². The average molecular weight is 243 g/mol. The first-order valence-corrected chi connectivity index (χ1v) is 6.00. The number of nitrogens with zero attached hydrogens (tertiary/aromatic N) is 2. The molecular weight excluding hydrogens is 224 g/mol. The Bertz CT molecular complexity index is 318. The fourth-order valence-corrected chi connectivity index (χ4v) is 1.46. The van der Waals surface area contributed by atoms with Crippen molar-refractivity contribution in [3.63, 3.8) is 0 Å². The van der Waals surface area contributed by atoms with Crippen molar-refractivity contribution in [2.45, 2.75) is 25.8 Å². The summed E-state index contributed by atoms with van der Waals surface area (Å²) in [5.41, 5.74) is 1.09. The largest absolute Gasteiger partial charge is 0.377 e. The van der Waals surface area contributed by atoms with Gasteiger partial charge >= 0.3 is 0 Å². The fraction of sp³-hybridized carbons (Fsp3) is 0.583. The Labute approximate surface area is 102 Å². The molecule has 0 N–H and O–H groups in total. The van der Waals surface area contributed by atoms with E-state index in [9.17, 15) is 0 Å². The molecule has 0 aliphatic rings. The van der Waals surface area contributed by atoms with Crippen LogP contribution >= 0.6 is 11.6 Å². The van der Waals surface area contributed by atoms with E-state index in [-0.39, 0.29) is 6.10 Å². The maximum atomic E-state index is 5.78. The molecule has 0 aliphatic heterocycles. The van der Waals surface area contributed by atoms with E-state index in [0.717, 1.165) is 17.9 Å². The van der Waals surface area contributed by atoms with Crippen molar-refractivity contribution in [2.75, 3.05) is 25.1 Å². The number of aromatic nitrogens is 1. The second kappa shape index (κ2) is 6.71. The molecule has 3 nitrogen and oxygen atoms in total. The molecule has 0 atom stereocenters. The molecule has 1 aromatic heterocycles. The molecule has 90 valence electrons. The lowest BCUT2D eigenvalue weighted by Gasteiger charge is -2.19. The van der Waals surface area contributed by atoms with Crippen molar-refractivity contribution < 1.29 is 4.74 Å². The second-order valence-electron chi connectivity index (χ2n) is 4.00. The number of anilines is 1. The van der Waals surface area contributed by atoms with Gasteiger partial charge in [0.25, 0.3) is 0 Å². The number of hydrogen-bond acceptors (Lipinski definition) is 3. The summed E-state index contributed by atoms with van der Waals surface area (Å²) in [6, 6.07) is 3.93. The fourth-order valence-electron chi connectivity index (χ4n) is 1.29. The van der Waals surface area contributed by atoms with Crippen LogP contribution in [0.5, 0.6) is 0 Å². The Balaban J connectivity index is 2.48. The molecule has 0 bridgehead atoms. The van der Waals surface area contributed by atoms with Gasteiger partial charge in [-0.2, -0.15) is 0 Å². The first kappa shape index (κ1) is 13.3. The lowest BCUT2D eigenvalue weighted by Crippen LogP contribution is -2.24. The first-order chi connectivity index (χ1) is 7.63. The van der Waals surface area contributed by atoms with Gasteiger partial charge in [-0.1, -0.05) is 0 Å². The molecule has 4 heteroatoms. The van der Waals surface area contributed by atoms with Crippen LogP contribution in [-0.2, 0) is 10.6 Å². The topological polar surface area (TPSA) is 25.4 Å². The normalized spacial score (nSPS) is 10.8. The highest BCUT2D eigenvalue weighted by molar-refractivity contribution is 6.17. The smallest absolute Gasteiger partial charge is 0.128 e. The van der Waals surface area contributed by atoms with Crippen LogP contribution in [0.3, 0.4) is 0 Å². The number of pyridine rings is 1. The number of rotatable bonds is 6. The van der Waals surface area contributed by atoms with Crippen LogP contribution in [0.15, 0.2) is 18.3 Å². The van der Waals surface area contributed by atoms with E-state index in [2.05, 4.69) is 9.88 Å². The van der Waals surface area contributed by atoms with Gasteiger partial charge in [-0.25, -0.2) is 4.98 Å². The molecule has 0 fully saturated rings. The molecule has 0 aliphatic carbocycles. The van der Waals surface area contributed by atoms with Crippen molar-refractivity contribution >= 4 is 17.4 Å². The zero-order valence-electron chi connectivity index (χ0n) is 10.1. The second-order valence-corrected chi connectivity index (χ2v) is 4.26. The van der Waals surface area contributed by atoms with E-state index in [0.29, 0.717) is 12.5 Å². The number of likely N-dealkylation sites (N-methyl/N-ethyl adjacent to an activating group) is 1. The molecule has 0 spiro atoms. The van der Waals surface area contributed by atoms with E-state index in [1.807, 2.05) is 33.0 Å². The van der Waals surface area contributed by atoms with Crippen molar-refractivity contribution in [2.24, 2.45) is 0 Å². The summed E-state index contributed by atoms with van der Waals surface area (Å²) >= 11 is 5.78. The molecular formula is C12H19ClN2O. The molecule has 1 rings (SSSR count). The monoisotopic (exact) mass is 242 g/mol. The summed E-state index contributed by atoms with van der Waals surface area (Å²) in [6.45, 7) is 5.61. The lowest BCUT2D eigenvalue weighted by molar-refractivity contribution is 0.0845. The Hall–Kier alpha value is -0.800. The van der Waals surface area contributed by atoms with Gasteiger partial charge in [0.1, 0.15) is 5.82 Å². The summed E-state index contributed by atoms with van der Waals surface area (Å²) in [7, 11) is 2.00. The SMILES string of the molecule is CC(C)OCCN(C)c1cc(CCl)ccn1. The molecule has 1 heterocycles. The third kappa shape index (κ3) is 4.37. The predicted molar refractivity (Wildman–Crippen MR) is 68.2 cm³/mol. The van der Waals surface area contributed by atoms with Crippen LogP contribution in [0.2, 0.25) is 0 Å². The number of ether oxygens (including phenoxy) is 1. The molecule has 0 radical (unpaired) electrons. The van der Waals surface area contributed by atoms with Gasteiger partial charge in [0, 0.05) is 25.7 Å². The maximum Gasteiger partial charge on any atom is 0.128 e. The van der Waals surface area contributed by atoms with Crippen molar-refractivity contribution in [3.8, 4) is 0 Å². The third-order valence-corrected chi connectivity index (χ3v) is 2.54. The van der Waals surface area contributed by atoms with E-state index in [4.69, 9.17) is 16.3 Å². The Morgan fingerprint density at radius 2 is 2.25 bits per heavy atom. The number of alkyl halides is 1. The minimum atomic E-state index is 0.274. The molecule has 0 saturated heterocycles. The van der Waals surface area contributed by atoms with Crippen LogP contribution in [0, 0.1) is 0 Å². The molecule has 0 unspecified atom stereocenters. The highest BCUT2D eigenvalue weighted by Crippen LogP contribution is 2.12. The summed E-state index contributed by atoms with van der Waals surface area (Å²) in [4.78, 5) is 6.36.